The zero-order valence-corrected chi connectivity index (χ0v) is 8.55. The molecule has 0 radical (unpaired) electrons. The zero-order valence-electron chi connectivity index (χ0n) is 8.55. The van der Waals surface area contributed by atoms with Crippen molar-refractivity contribution in [1.29, 1.82) is 5.26 Å². The predicted octanol–water partition coefficient (Wildman–Crippen LogP) is 3.57. The molecule has 0 fully saturated rings. The molecule has 1 N–H and O–H groups in total. The summed E-state index contributed by atoms with van der Waals surface area (Å²) < 4.78 is 38.3. The van der Waals surface area contributed by atoms with Gasteiger partial charge in [0, 0.05) is 11.8 Å². The number of benzene rings is 1. The standard InChI is InChI=1S/C12H7F3N2/c13-12(14,15)10-4-2-1-3-9(10)11-8(7-16)5-6-17-11/h1-6,17H. The largest absolute Gasteiger partial charge is 0.417 e. The summed E-state index contributed by atoms with van der Waals surface area (Å²) >= 11 is 0. The van der Waals surface area contributed by atoms with Gasteiger partial charge >= 0.3 is 6.18 Å². The lowest BCUT2D eigenvalue weighted by Gasteiger charge is -2.11. The minimum atomic E-state index is -4.44. The monoisotopic (exact) mass is 236 g/mol. The van der Waals surface area contributed by atoms with Crippen molar-refractivity contribution in [2.45, 2.75) is 6.18 Å². The van der Waals surface area contributed by atoms with Crippen LogP contribution in [-0.4, -0.2) is 4.98 Å². The number of alkyl halides is 3. The first-order valence-electron chi connectivity index (χ1n) is 4.78. The molecule has 0 spiro atoms. The lowest BCUT2D eigenvalue weighted by molar-refractivity contribution is -0.137. The third-order valence-corrected chi connectivity index (χ3v) is 2.37. The molecule has 0 bridgehead atoms. The van der Waals surface area contributed by atoms with Gasteiger partial charge in [-0.3, -0.25) is 0 Å². The van der Waals surface area contributed by atoms with Crippen LogP contribution >= 0.6 is 0 Å². The van der Waals surface area contributed by atoms with Crippen LogP contribution in [0.4, 0.5) is 13.2 Å². The molecule has 86 valence electrons. The first-order valence-corrected chi connectivity index (χ1v) is 4.78. The van der Waals surface area contributed by atoms with Gasteiger partial charge in [0.1, 0.15) is 6.07 Å². The number of nitriles is 1. The van der Waals surface area contributed by atoms with E-state index < -0.39 is 11.7 Å². The number of halogens is 3. The highest BCUT2D eigenvalue weighted by molar-refractivity contribution is 5.70. The van der Waals surface area contributed by atoms with Crippen molar-refractivity contribution < 1.29 is 13.2 Å². The number of aromatic nitrogens is 1. The van der Waals surface area contributed by atoms with Crippen LogP contribution in [0.25, 0.3) is 11.3 Å². The summed E-state index contributed by atoms with van der Waals surface area (Å²) in [5.74, 6) is 0. The highest BCUT2D eigenvalue weighted by atomic mass is 19.4. The molecular formula is C12H7F3N2. The third kappa shape index (κ3) is 2.02. The van der Waals surface area contributed by atoms with E-state index in [-0.39, 0.29) is 16.8 Å². The van der Waals surface area contributed by atoms with Crippen LogP contribution in [0.2, 0.25) is 0 Å². The Morgan fingerprint density at radius 2 is 1.82 bits per heavy atom. The van der Waals surface area contributed by atoms with Crippen molar-refractivity contribution in [3.05, 3.63) is 47.7 Å². The molecule has 0 aliphatic rings. The van der Waals surface area contributed by atoms with Crippen LogP contribution in [0.1, 0.15) is 11.1 Å². The molecule has 1 aromatic carbocycles. The van der Waals surface area contributed by atoms with Crippen molar-refractivity contribution in [1.82, 2.24) is 4.98 Å². The van der Waals surface area contributed by atoms with Crippen LogP contribution in [0.5, 0.6) is 0 Å². The minimum Gasteiger partial charge on any atom is -0.360 e. The summed E-state index contributed by atoms with van der Waals surface area (Å²) in [5.41, 5.74) is -0.373. The first kappa shape index (κ1) is 11.3. The minimum absolute atomic E-state index is 0.0125. The molecule has 0 unspecified atom stereocenters. The van der Waals surface area contributed by atoms with Crippen molar-refractivity contribution in [3.63, 3.8) is 0 Å². The van der Waals surface area contributed by atoms with Gasteiger partial charge in [0.05, 0.1) is 16.8 Å². The average Bonchev–Trinajstić information content (AvgIpc) is 2.75. The summed E-state index contributed by atoms with van der Waals surface area (Å²) in [7, 11) is 0. The topological polar surface area (TPSA) is 39.6 Å². The number of aromatic amines is 1. The van der Waals surface area contributed by atoms with Crippen molar-refractivity contribution in [2.75, 3.05) is 0 Å². The summed E-state index contributed by atoms with van der Waals surface area (Å²) in [6, 6.07) is 8.47. The van der Waals surface area contributed by atoms with Gasteiger partial charge in [0.2, 0.25) is 0 Å². The van der Waals surface area contributed by atoms with E-state index >= 15 is 0 Å². The Kier molecular flexibility index (Phi) is 2.64. The predicted molar refractivity (Wildman–Crippen MR) is 55.9 cm³/mol. The van der Waals surface area contributed by atoms with Crippen molar-refractivity contribution in [3.8, 4) is 17.3 Å². The Bertz CT molecular complexity index is 576. The highest BCUT2D eigenvalue weighted by Crippen LogP contribution is 2.37. The first-order chi connectivity index (χ1) is 8.04. The number of rotatable bonds is 1. The SMILES string of the molecule is N#Cc1cc[nH]c1-c1ccccc1C(F)(F)F. The molecule has 17 heavy (non-hydrogen) atoms. The van der Waals surface area contributed by atoms with Gasteiger partial charge in [-0.05, 0) is 12.1 Å². The van der Waals surface area contributed by atoms with E-state index in [9.17, 15) is 13.2 Å². The van der Waals surface area contributed by atoms with E-state index in [1.54, 1.807) is 0 Å². The van der Waals surface area contributed by atoms with E-state index in [2.05, 4.69) is 4.98 Å². The van der Waals surface area contributed by atoms with E-state index in [1.165, 1.54) is 30.5 Å². The molecule has 1 aromatic heterocycles. The Hall–Kier alpha value is -2.22. The summed E-state index contributed by atoms with van der Waals surface area (Å²) in [6.45, 7) is 0. The number of nitrogens with zero attached hydrogens (tertiary/aromatic N) is 1. The average molecular weight is 236 g/mol. The normalized spacial score (nSPS) is 11.2. The summed E-state index contributed by atoms with van der Waals surface area (Å²) in [6.07, 6.45) is -2.99. The molecule has 2 aromatic rings. The zero-order chi connectivity index (χ0) is 12.5. The number of nitrogens with one attached hydrogen (secondary N) is 1. The van der Waals surface area contributed by atoms with E-state index in [0.29, 0.717) is 0 Å². The molecule has 2 nitrogen and oxygen atoms in total. The molecule has 0 aliphatic carbocycles. The van der Waals surface area contributed by atoms with Gasteiger partial charge < -0.3 is 4.98 Å². The fraction of sp³-hybridized carbons (Fsp3) is 0.0833. The number of hydrogen-bond donors (Lipinski definition) is 1. The molecule has 0 saturated heterocycles. The second-order valence-corrected chi connectivity index (χ2v) is 3.42. The van der Waals surface area contributed by atoms with Gasteiger partial charge in [-0.1, -0.05) is 18.2 Å². The van der Waals surface area contributed by atoms with Crippen LogP contribution in [0, 0.1) is 11.3 Å². The molecule has 2 rings (SSSR count). The maximum Gasteiger partial charge on any atom is 0.417 e. The molecule has 0 aliphatic heterocycles. The van der Waals surface area contributed by atoms with E-state index in [4.69, 9.17) is 5.26 Å². The highest BCUT2D eigenvalue weighted by Gasteiger charge is 2.33. The molecule has 1 heterocycles. The van der Waals surface area contributed by atoms with Crippen LogP contribution in [0.3, 0.4) is 0 Å². The molecule has 0 amide bonds. The van der Waals surface area contributed by atoms with Crippen LogP contribution < -0.4 is 0 Å². The third-order valence-electron chi connectivity index (χ3n) is 2.37. The number of hydrogen-bond acceptors (Lipinski definition) is 1. The Balaban J connectivity index is 2.65. The lowest BCUT2D eigenvalue weighted by Crippen LogP contribution is -2.07. The maximum absolute atomic E-state index is 12.8. The van der Waals surface area contributed by atoms with Crippen molar-refractivity contribution >= 4 is 0 Å². The van der Waals surface area contributed by atoms with E-state index in [1.807, 2.05) is 6.07 Å². The van der Waals surface area contributed by atoms with Crippen LogP contribution in [-0.2, 0) is 6.18 Å². The Labute approximate surface area is 95.3 Å². The van der Waals surface area contributed by atoms with Gasteiger partial charge in [0.15, 0.2) is 0 Å². The quantitative estimate of drug-likeness (QED) is 0.807. The Morgan fingerprint density at radius 3 is 2.47 bits per heavy atom. The fourth-order valence-corrected chi connectivity index (χ4v) is 1.63. The second-order valence-electron chi connectivity index (χ2n) is 3.42. The van der Waals surface area contributed by atoms with Crippen molar-refractivity contribution in [2.24, 2.45) is 0 Å². The fourth-order valence-electron chi connectivity index (χ4n) is 1.63. The maximum atomic E-state index is 12.8. The van der Waals surface area contributed by atoms with Crippen LogP contribution in [0.15, 0.2) is 36.5 Å². The van der Waals surface area contributed by atoms with Gasteiger partial charge in [0.25, 0.3) is 0 Å². The summed E-state index contributed by atoms with van der Waals surface area (Å²) in [4.78, 5) is 2.66. The van der Waals surface area contributed by atoms with Gasteiger partial charge in [-0.2, -0.15) is 18.4 Å². The molecule has 0 saturated carbocycles. The lowest BCUT2D eigenvalue weighted by atomic mass is 10.0. The molecular weight excluding hydrogens is 229 g/mol. The Morgan fingerprint density at radius 1 is 1.12 bits per heavy atom. The smallest absolute Gasteiger partial charge is 0.360 e. The van der Waals surface area contributed by atoms with Gasteiger partial charge in [-0.25, -0.2) is 0 Å². The van der Waals surface area contributed by atoms with E-state index in [0.717, 1.165) is 6.07 Å². The second kappa shape index (κ2) is 3.98. The molecule has 0 atom stereocenters. The summed E-state index contributed by atoms with van der Waals surface area (Å²) in [5, 5.41) is 8.81. The number of H-pyrrole nitrogens is 1. The van der Waals surface area contributed by atoms with Gasteiger partial charge in [-0.15, -0.1) is 0 Å². The molecule has 5 heteroatoms.